The molecule has 1 heterocycles. The van der Waals surface area contributed by atoms with E-state index in [-0.39, 0.29) is 6.03 Å². The molecular weight excluding hydrogens is 374 g/mol. The second-order valence-corrected chi connectivity index (χ2v) is 7.95. The van der Waals surface area contributed by atoms with Gasteiger partial charge in [-0.3, -0.25) is 0 Å². The van der Waals surface area contributed by atoms with E-state index < -0.39 is 0 Å². The van der Waals surface area contributed by atoms with Crippen LogP contribution < -0.4 is 10.2 Å². The van der Waals surface area contributed by atoms with Crippen LogP contribution in [0.1, 0.15) is 11.3 Å². The first-order valence-electron chi connectivity index (χ1n) is 7.55. The molecule has 0 unspecified atom stereocenters. The van der Waals surface area contributed by atoms with Crippen molar-refractivity contribution in [2.24, 2.45) is 0 Å². The Morgan fingerprint density at radius 3 is 2.57 bits per heavy atom. The zero-order valence-corrected chi connectivity index (χ0v) is 15.9. The number of nitrogens with zero attached hydrogens (tertiary/aromatic N) is 2. The van der Waals surface area contributed by atoms with Crippen molar-refractivity contribution in [1.29, 1.82) is 0 Å². The van der Waals surface area contributed by atoms with Gasteiger partial charge in [0, 0.05) is 37.7 Å². The maximum Gasteiger partial charge on any atom is 0.317 e. The number of urea groups is 1. The molecule has 23 heavy (non-hydrogen) atoms. The van der Waals surface area contributed by atoms with E-state index in [1.54, 1.807) is 16.2 Å². The normalized spacial score (nSPS) is 10.4. The molecule has 1 aromatic heterocycles. The molecule has 4 nitrogen and oxygen atoms in total. The molecule has 0 atom stereocenters. The molecule has 2 rings (SSSR count). The topological polar surface area (TPSA) is 35.6 Å². The van der Waals surface area contributed by atoms with Gasteiger partial charge in [-0.25, -0.2) is 4.79 Å². The minimum atomic E-state index is -0.0307. The lowest BCUT2D eigenvalue weighted by molar-refractivity contribution is 0.207. The van der Waals surface area contributed by atoms with Gasteiger partial charge in [0.25, 0.3) is 0 Å². The van der Waals surface area contributed by atoms with Crippen molar-refractivity contribution in [2.45, 2.75) is 13.0 Å². The number of carbonyl (C=O) groups excluding carboxylic acids is 1. The van der Waals surface area contributed by atoms with Crippen LogP contribution in [0.5, 0.6) is 0 Å². The van der Waals surface area contributed by atoms with Crippen molar-refractivity contribution in [3.63, 3.8) is 0 Å². The van der Waals surface area contributed by atoms with Crippen molar-refractivity contribution in [1.82, 2.24) is 10.2 Å². The summed E-state index contributed by atoms with van der Waals surface area (Å²) in [5, 5.41) is 2.97. The van der Waals surface area contributed by atoms with Crippen LogP contribution in [0.2, 0.25) is 0 Å². The summed E-state index contributed by atoms with van der Waals surface area (Å²) in [7, 11) is 3.89. The summed E-state index contributed by atoms with van der Waals surface area (Å²) in [5.74, 6) is 0. The van der Waals surface area contributed by atoms with Gasteiger partial charge in [-0.05, 0) is 46.6 Å². The number of hydrogen-bond acceptors (Lipinski definition) is 3. The van der Waals surface area contributed by atoms with Gasteiger partial charge in [-0.15, -0.1) is 11.3 Å². The van der Waals surface area contributed by atoms with Crippen LogP contribution in [0.3, 0.4) is 0 Å². The SMILES string of the molecule is CN(Cc1ccc(Br)s1)C(=O)NCCCN(C)c1ccccc1. The zero-order valence-electron chi connectivity index (χ0n) is 13.5. The Kier molecular flexibility index (Phi) is 6.92. The number of nitrogens with one attached hydrogen (secondary N) is 1. The predicted molar refractivity (Wildman–Crippen MR) is 101 cm³/mol. The van der Waals surface area contributed by atoms with Crippen LogP contribution in [-0.4, -0.2) is 38.1 Å². The van der Waals surface area contributed by atoms with Gasteiger partial charge in [0.05, 0.1) is 10.3 Å². The molecule has 0 aliphatic rings. The lowest BCUT2D eigenvalue weighted by Gasteiger charge is -2.20. The van der Waals surface area contributed by atoms with Gasteiger partial charge < -0.3 is 15.1 Å². The van der Waals surface area contributed by atoms with Crippen molar-refractivity contribution >= 4 is 39.0 Å². The van der Waals surface area contributed by atoms with E-state index in [0.717, 1.165) is 16.8 Å². The third kappa shape index (κ3) is 5.88. The average molecular weight is 396 g/mol. The largest absolute Gasteiger partial charge is 0.375 e. The molecule has 1 N–H and O–H groups in total. The van der Waals surface area contributed by atoms with E-state index in [1.807, 2.05) is 37.4 Å². The smallest absolute Gasteiger partial charge is 0.317 e. The fourth-order valence-corrected chi connectivity index (χ4v) is 3.74. The van der Waals surface area contributed by atoms with E-state index in [0.29, 0.717) is 13.1 Å². The lowest BCUT2D eigenvalue weighted by atomic mass is 10.3. The molecule has 0 saturated carbocycles. The third-order valence-electron chi connectivity index (χ3n) is 3.51. The van der Waals surface area contributed by atoms with Gasteiger partial charge >= 0.3 is 6.03 Å². The van der Waals surface area contributed by atoms with Crippen LogP contribution in [0, 0.1) is 0 Å². The van der Waals surface area contributed by atoms with Gasteiger partial charge in [-0.1, -0.05) is 18.2 Å². The summed E-state index contributed by atoms with van der Waals surface area (Å²) >= 11 is 5.09. The standard InChI is InChI=1S/C17H22BrN3OS/c1-20(14-7-4-3-5-8-14)12-6-11-19-17(22)21(2)13-15-9-10-16(18)23-15/h3-5,7-10H,6,11-13H2,1-2H3,(H,19,22). The number of carbonyl (C=O) groups is 1. The first-order chi connectivity index (χ1) is 11.1. The minimum Gasteiger partial charge on any atom is -0.375 e. The molecule has 6 heteroatoms. The molecule has 0 aliphatic heterocycles. The minimum absolute atomic E-state index is 0.0307. The van der Waals surface area contributed by atoms with Crippen molar-refractivity contribution in [3.05, 3.63) is 51.1 Å². The molecule has 0 radical (unpaired) electrons. The van der Waals surface area contributed by atoms with Gasteiger partial charge in [0.2, 0.25) is 0 Å². The lowest BCUT2D eigenvalue weighted by Crippen LogP contribution is -2.37. The first kappa shape index (κ1) is 17.8. The summed E-state index contributed by atoms with van der Waals surface area (Å²) in [5.41, 5.74) is 1.19. The molecule has 0 bridgehead atoms. The number of amides is 2. The molecule has 0 aliphatic carbocycles. The van der Waals surface area contributed by atoms with Gasteiger partial charge in [-0.2, -0.15) is 0 Å². The number of halogens is 1. The molecule has 0 spiro atoms. The fourth-order valence-electron chi connectivity index (χ4n) is 2.20. The Labute approximate surface area is 150 Å². The van der Waals surface area contributed by atoms with Crippen LogP contribution in [0.4, 0.5) is 10.5 Å². The summed E-state index contributed by atoms with van der Waals surface area (Å²) in [6, 6.07) is 14.3. The number of benzene rings is 1. The first-order valence-corrected chi connectivity index (χ1v) is 9.16. The van der Waals surface area contributed by atoms with Crippen LogP contribution >= 0.6 is 27.3 Å². The van der Waals surface area contributed by atoms with E-state index in [9.17, 15) is 4.79 Å². The fraction of sp³-hybridized carbons (Fsp3) is 0.353. The van der Waals surface area contributed by atoms with E-state index in [1.165, 1.54) is 10.6 Å². The van der Waals surface area contributed by atoms with E-state index in [2.05, 4.69) is 45.3 Å². The summed E-state index contributed by atoms with van der Waals surface area (Å²) in [6.07, 6.45) is 0.912. The van der Waals surface area contributed by atoms with Gasteiger partial charge in [0.15, 0.2) is 0 Å². The molecule has 1 aromatic carbocycles. The highest BCUT2D eigenvalue weighted by Crippen LogP contribution is 2.22. The maximum atomic E-state index is 12.1. The molecule has 124 valence electrons. The summed E-state index contributed by atoms with van der Waals surface area (Å²) in [4.78, 5) is 17.1. The van der Waals surface area contributed by atoms with Crippen LogP contribution in [-0.2, 0) is 6.54 Å². The quantitative estimate of drug-likeness (QED) is 0.713. The zero-order chi connectivity index (χ0) is 16.7. The van der Waals surface area contributed by atoms with Crippen molar-refractivity contribution in [2.75, 3.05) is 32.1 Å². The van der Waals surface area contributed by atoms with E-state index in [4.69, 9.17) is 0 Å². The highest BCUT2D eigenvalue weighted by Gasteiger charge is 2.09. The molecule has 2 amide bonds. The highest BCUT2D eigenvalue weighted by atomic mass is 79.9. The van der Waals surface area contributed by atoms with Crippen molar-refractivity contribution < 1.29 is 4.79 Å². The molecule has 0 fully saturated rings. The number of rotatable bonds is 7. The van der Waals surface area contributed by atoms with E-state index >= 15 is 0 Å². The molecular formula is C17H22BrN3OS. The highest BCUT2D eigenvalue weighted by molar-refractivity contribution is 9.11. The second-order valence-electron chi connectivity index (χ2n) is 5.40. The Balaban J connectivity index is 1.66. The van der Waals surface area contributed by atoms with Gasteiger partial charge in [0.1, 0.15) is 0 Å². The molecule has 0 saturated heterocycles. The van der Waals surface area contributed by atoms with Crippen LogP contribution in [0.15, 0.2) is 46.3 Å². The number of thiophene rings is 1. The Morgan fingerprint density at radius 2 is 1.91 bits per heavy atom. The maximum absolute atomic E-state index is 12.1. The predicted octanol–water partition coefficient (Wildman–Crippen LogP) is 4.18. The second kappa shape index (κ2) is 8.93. The van der Waals surface area contributed by atoms with Crippen molar-refractivity contribution in [3.8, 4) is 0 Å². The number of para-hydroxylation sites is 1. The Hall–Kier alpha value is -1.53. The van der Waals surface area contributed by atoms with Crippen LogP contribution in [0.25, 0.3) is 0 Å². The third-order valence-corrected chi connectivity index (χ3v) is 5.12. The number of hydrogen-bond donors (Lipinski definition) is 1. The monoisotopic (exact) mass is 395 g/mol. The summed E-state index contributed by atoms with van der Waals surface area (Å²) in [6.45, 7) is 2.21. The Bertz CT molecular complexity index is 617. The Morgan fingerprint density at radius 1 is 1.17 bits per heavy atom. The average Bonchev–Trinajstić information content (AvgIpc) is 2.96. The number of anilines is 1. The molecule has 2 aromatic rings. The summed E-state index contributed by atoms with van der Waals surface area (Å²) < 4.78 is 1.09.